The summed E-state index contributed by atoms with van der Waals surface area (Å²) >= 11 is 0. The number of hydrogen-bond acceptors (Lipinski definition) is 2. The molecule has 0 bridgehead atoms. The average molecular weight is 264 g/mol. The van der Waals surface area contributed by atoms with Gasteiger partial charge in [-0.3, -0.25) is 0 Å². The molecular formula is C16H28N2O. The third-order valence-corrected chi connectivity index (χ3v) is 4.66. The number of imidazole rings is 1. The number of aliphatic hydroxyl groups is 1. The van der Waals surface area contributed by atoms with E-state index in [0.29, 0.717) is 6.42 Å². The Bertz CT molecular complexity index is 389. The molecule has 0 spiro atoms. The lowest BCUT2D eigenvalue weighted by atomic mass is 9.73. The largest absolute Gasteiger partial charge is 0.389 e. The summed E-state index contributed by atoms with van der Waals surface area (Å²) in [5.74, 6) is 2.58. The minimum Gasteiger partial charge on any atom is -0.389 e. The summed E-state index contributed by atoms with van der Waals surface area (Å²) in [5, 5.41) is 10.8. The molecular weight excluding hydrogens is 236 g/mol. The van der Waals surface area contributed by atoms with Crippen LogP contribution in [-0.2, 0) is 13.0 Å². The van der Waals surface area contributed by atoms with E-state index in [1.807, 2.05) is 12.4 Å². The molecule has 0 aromatic carbocycles. The summed E-state index contributed by atoms with van der Waals surface area (Å²) in [7, 11) is 0. The zero-order valence-electron chi connectivity index (χ0n) is 12.6. The first-order chi connectivity index (χ1) is 9.04. The molecule has 1 aliphatic carbocycles. The summed E-state index contributed by atoms with van der Waals surface area (Å²) < 4.78 is 2.19. The lowest BCUT2D eigenvalue weighted by Crippen LogP contribution is -2.38. The van der Waals surface area contributed by atoms with Crippen LogP contribution in [0, 0.1) is 11.8 Å². The van der Waals surface area contributed by atoms with E-state index in [4.69, 9.17) is 0 Å². The Kier molecular flexibility index (Phi) is 4.67. The van der Waals surface area contributed by atoms with Crippen LogP contribution in [0.3, 0.4) is 0 Å². The summed E-state index contributed by atoms with van der Waals surface area (Å²) in [4.78, 5) is 4.43. The van der Waals surface area contributed by atoms with Crippen molar-refractivity contribution in [2.75, 3.05) is 0 Å². The molecule has 1 aromatic heterocycles. The molecule has 108 valence electrons. The van der Waals surface area contributed by atoms with Crippen LogP contribution in [0.2, 0.25) is 0 Å². The topological polar surface area (TPSA) is 38.0 Å². The zero-order valence-corrected chi connectivity index (χ0v) is 12.6. The fraction of sp³-hybridized carbons (Fsp3) is 0.812. The highest BCUT2D eigenvalue weighted by molar-refractivity contribution is 5.00. The van der Waals surface area contributed by atoms with Crippen molar-refractivity contribution >= 4 is 0 Å². The molecule has 1 fully saturated rings. The second-order valence-corrected chi connectivity index (χ2v) is 6.52. The number of hydrogen-bond donors (Lipinski definition) is 1. The second-order valence-electron chi connectivity index (χ2n) is 6.52. The van der Waals surface area contributed by atoms with E-state index < -0.39 is 5.60 Å². The molecule has 0 radical (unpaired) electrons. The van der Waals surface area contributed by atoms with Gasteiger partial charge in [0.2, 0.25) is 0 Å². The van der Waals surface area contributed by atoms with E-state index in [1.54, 1.807) is 0 Å². The molecule has 1 heterocycles. The first kappa shape index (κ1) is 14.6. The Balaban J connectivity index is 1.97. The Morgan fingerprint density at radius 1 is 1.42 bits per heavy atom. The number of aryl methyl sites for hydroxylation is 1. The monoisotopic (exact) mass is 264 g/mol. The first-order valence-electron chi connectivity index (χ1n) is 7.76. The summed E-state index contributed by atoms with van der Waals surface area (Å²) in [6.45, 7) is 7.76. The van der Waals surface area contributed by atoms with Gasteiger partial charge in [0.25, 0.3) is 0 Å². The Hall–Kier alpha value is -0.830. The van der Waals surface area contributed by atoms with E-state index in [2.05, 4.69) is 30.3 Å². The van der Waals surface area contributed by atoms with Crippen LogP contribution in [0.4, 0.5) is 0 Å². The molecule has 1 aromatic rings. The van der Waals surface area contributed by atoms with E-state index in [9.17, 15) is 5.11 Å². The van der Waals surface area contributed by atoms with E-state index >= 15 is 0 Å². The van der Waals surface area contributed by atoms with Crippen LogP contribution in [0.5, 0.6) is 0 Å². The van der Waals surface area contributed by atoms with Crippen molar-refractivity contribution in [3.8, 4) is 0 Å². The smallest absolute Gasteiger partial charge is 0.111 e. The lowest BCUT2D eigenvalue weighted by molar-refractivity contribution is -0.0167. The van der Waals surface area contributed by atoms with Gasteiger partial charge >= 0.3 is 0 Å². The van der Waals surface area contributed by atoms with E-state index in [0.717, 1.165) is 56.3 Å². The highest BCUT2D eigenvalue weighted by Crippen LogP contribution is 2.37. The minimum atomic E-state index is -0.526. The summed E-state index contributed by atoms with van der Waals surface area (Å²) in [5.41, 5.74) is -0.526. The maximum Gasteiger partial charge on any atom is 0.111 e. The summed E-state index contributed by atoms with van der Waals surface area (Å²) in [6.07, 6.45) is 9.87. The van der Waals surface area contributed by atoms with Gasteiger partial charge in [0.1, 0.15) is 5.82 Å². The van der Waals surface area contributed by atoms with Gasteiger partial charge in [-0.15, -0.1) is 0 Å². The third-order valence-electron chi connectivity index (χ3n) is 4.66. The molecule has 0 atom stereocenters. The van der Waals surface area contributed by atoms with Gasteiger partial charge < -0.3 is 9.67 Å². The van der Waals surface area contributed by atoms with Crippen molar-refractivity contribution in [3.63, 3.8) is 0 Å². The van der Waals surface area contributed by atoms with Crippen molar-refractivity contribution in [1.29, 1.82) is 0 Å². The molecule has 1 saturated carbocycles. The van der Waals surface area contributed by atoms with Crippen molar-refractivity contribution in [3.05, 3.63) is 18.2 Å². The quantitative estimate of drug-likeness (QED) is 0.885. The SMILES string of the molecule is CCCn1ccnc1CC1(O)CCC(C(C)C)CC1. The molecule has 0 aliphatic heterocycles. The number of rotatable bonds is 5. The highest BCUT2D eigenvalue weighted by atomic mass is 16.3. The van der Waals surface area contributed by atoms with E-state index in [1.165, 1.54) is 0 Å². The normalized spacial score (nSPS) is 27.9. The third kappa shape index (κ3) is 3.59. The Labute approximate surface area is 117 Å². The van der Waals surface area contributed by atoms with Crippen LogP contribution in [0.15, 0.2) is 12.4 Å². The van der Waals surface area contributed by atoms with Crippen molar-refractivity contribution in [2.45, 2.75) is 71.4 Å². The van der Waals surface area contributed by atoms with Gasteiger partial charge in [-0.05, 0) is 43.9 Å². The van der Waals surface area contributed by atoms with Crippen LogP contribution in [0.25, 0.3) is 0 Å². The van der Waals surface area contributed by atoms with Gasteiger partial charge in [0.05, 0.1) is 5.60 Å². The molecule has 2 rings (SSSR count). The maximum atomic E-state index is 10.8. The zero-order chi connectivity index (χ0) is 13.9. The van der Waals surface area contributed by atoms with Gasteiger partial charge in [-0.1, -0.05) is 20.8 Å². The van der Waals surface area contributed by atoms with Gasteiger partial charge in [-0.2, -0.15) is 0 Å². The minimum absolute atomic E-state index is 0.526. The van der Waals surface area contributed by atoms with E-state index in [-0.39, 0.29) is 0 Å². The van der Waals surface area contributed by atoms with Gasteiger partial charge in [0, 0.05) is 25.4 Å². The molecule has 0 amide bonds. The molecule has 3 nitrogen and oxygen atoms in total. The van der Waals surface area contributed by atoms with Crippen LogP contribution in [-0.4, -0.2) is 20.3 Å². The second kappa shape index (κ2) is 6.08. The molecule has 0 saturated heterocycles. The van der Waals surface area contributed by atoms with Crippen molar-refractivity contribution in [1.82, 2.24) is 9.55 Å². The predicted octanol–water partition coefficient (Wildman–Crippen LogP) is 3.41. The van der Waals surface area contributed by atoms with Gasteiger partial charge in [-0.25, -0.2) is 4.98 Å². The Morgan fingerprint density at radius 3 is 2.68 bits per heavy atom. The number of aromatic nitrogens is 2. The maximum absolute atomic E-state index is 10.8. The lowest BCUT2D eigenvalue weighted by Gasteiger charge is -2.37. The van der Waals surface area contributed by atoms with Gasteiger partial charge in [0.15, 0.2) is 0 Å². The standard InChI is InChI=1S/C16H28N2O/c1-4-10-18-11-9-17-15(18)12-16(19)7-5-14(6-8-16)13(2)3/h9,11,13-14,19H,4-8,10,12H2,1-3H3. The molecule has 1 N–H and O–H groups in total. The van der Waals surface area contributed by atoms with Crippen molar-refractivity contribution < 1.29 is 5.11 Å². The Morgan fingerprint density at radius 2 is 2.11 bits per heavy atom. The van der Waals surface area contributed by atoms with Crippen LogP contribution >= 0.6 is 0 Å². The molecule has 3 heteroatoms. The first-order valence-corrected chi connectivity index (χ1v) is 7.76. The summed E-state index contributed by atoms with van der Waals surface area (Å²) in [6, 6.07) is 0. The van der Waals surface area contributed by atoms with Crippen molar-refractivity contribution in [2.24, 2.45) is 11.8 Å². The molecule has 1 aliphatic rings. The van der Waals surface area contributed by atoms with Crippen LogP contribution in [0.1, 0.15) is 58.7 Å². The fourth-order valence-electron chi connectivity index (χ4n) is 3.27. The molecule has 19 heavy (non-hydrogen) atoms. The average Bonchev–Trinajstić information content (AvgIpc) is 2.77. The fourth-order valence-corrected chi connectivity index (χ4v) is 3.27. The molecule has 0 unspecified atom stereocenters. The number of nitrogens with zero attached hydrogens (tertiary/aromatic N) is 2. The predicted molar refractivity (Wildman–Crippen MR) is 78.0 cm³/mol. The highest BCUT2D eigenvalue weighted by Gasteiger charge is 2.35. The van der Waals surface area contributed by atoms with Crippen LogP contribution < -0.4 is 0 Å².